The largest absolute Gasteiger partial charge is 0.355 e. The van der Waals surface area contributed by atoms with E-state index in [1.54, 1.807) is 14.1 Å². The Labute approximate surface area is 168 Å². The summed E-state index contributed by atoms with van der Waals surface area (Å²) in [5, 5.41) is 13.1. The first-order chi connectivity index (χ1) is 13.2. The molecule has 0 spiro atoms. The Bertz CT molecular complexity index is 776. The van der Waals surface area contributed by atoms with E-state index in [-0.39, 0.29) is 17.1 Å². The molecule has 7 heteroatoms. The fourth-order valence-corrected chi connectivity index (χ4v) is 4.17. The van der Waals surface area contributed by atoms with E-state index in [1.807, 2.05) is 13.8 Å². The monoisotopic (exact) mass is 384 g/mol. The molecule has 2 heterocycles. The Balaban J connectivity index is 1.66. The number of nitrogens with zero attached hydrogens (tertiary/aromatic N) is 5. The quantitative estimate of drug-likeness (QED) is 0.858. The topological polar surface area (TPSA) is 85.2 Å². The smallest absolute Gasteiger partial charge is 0.291 e. The van der Waals surface area contributed by atoms with Gasteiger partial charge in [-0.15, -0.1) is 0 Å². The molecule has 1 amide bonds. The molecule has 1 N–H and O–H groups in total. The van der Waals surface area contributed by atoms with Gasteiger partial charge in [-0.2, -0.15) is 5.26 Å². The van der Waals surface area contributed by atoms with Crippen LogP contribution in [0.1, 0.15) is 60.9 Å². The molecule has 0 unspecified atom stereocenters. The molecular weight excluding hydrogens is 352 g/mol. The van der Waals surface area contributed by atoms with Crippen molar-refractivity contribution in [1.82, 2.24) is 20.2 Å². The Hall–Kier alpha value is -2.20. The highest BCUT2D eigenvalue weighted by Gasteiger charge is 2.33. The lowest BCUT2D eigenvalue weighted by Gasteiger charge is -2.34. The number of anilines is 1. The summed E-state index contributed by atoms with van der Waals surface area (Å²) >= 11 is 0. The highest BCUT2D eigenvalue weighted by molar-refractivity contribution is 5.90. The molecule has 28 heavy (non-hydrogen) atoms. The zero-order chi connectivity index (χ0) is 20.5. The molecular formula is C21H32N6O. The van der Waals surface area contributed by atoms with E-state index in [0.717, 1.165) is 62.3 Å². The first-order valence-corrected chi connectivity index (χ1v) is 10.2. The highest BCUT2D eigenvalue weighted by atomic mass is 16.2. The van der Waals surface area contributed by atoms with Gasteiger partial charge in [0.2, 0.25) is 5.82 Å². The molecule has 1 aromatic rings. The molecule has 1 aliphatic carbocycles. The second-order valence-electron chi connectivity index (χ2n) is 8.83. The molecule has 2 fully saturated rings. The minimum atomic E-state index is -0.166. The Morgan fingerprint density at radius 3 is 2.50 bits per heavy atom. The standard InChI is InChI=1S/C21H32N6O/c1-14-15(2)23-18(20(28)26(4)5)25-19(14)27-11-8-17(12-27)24-16-6-9-21(3,13-22)10-7-16/h16-17,24H,6-12H2,1-5H3/t16?,17-,21?/m1/s1. The van der Waals surface area contributed by atoms with Gasteiger partial charge in [0, 0.05) is 50.5 Å². The summed E-state index contributed by atoms with van der Waals surface area (Å²) in [5.41, 5.74) is 1.75. The molecule has 7 nitrogen and oxygen atoms in total. The van der Waals surface area contributed by atoms with E-state index in [1.165, 1.54) is 4.90 Å². The number of hydrogen-bond acceptors (Lipinski definition) is 6. The maximum atomic E-state index is 12.3. The van der Waals surface area contributed by atoms with E-state index in [0.29, 0.717) is 12.1 Å². The van der Waals surface area contributed by atoms with Crippen molar-refractivity contribution in [1.29, 1.82) is 5.26 Å². The second-order valence-corrected chi connectivity index (χ2v) is 8.83. The molecule has 1 saturated carbocycles. The Morgan fingerprint density at radius 2 is 1.89 bits per heavy atom. The number of amides is 1. The van der Waals surface area contributed by atoms with Crippen molar-refractivity contribution >= 4 is 11.7 Å². The molecule has 152 valence electrons. The van der Waals surface area contributed by atoms with Crippen LogP contribution in [-0.2, 0) is 0 Å². The minimum Gasteiger partial charge on any atom is -0.355 e. The highest BCUT2D eigenvalue weighted by Crippen LogP contribution is 2.35. The van der Waals surface area contributed by atoms with Crippen molar-refractivity contribution in [3.05, 3.63) is 17.1 Å². The van der Waals surface area contributed by atoms with Crippen LogP contribution >= 0.6 is 0 Å². The maximum absolute atomic E-state index is 12.3. The lowest BCUT2D eigenvalue weighted by Crippen LogP contribution is -2.43. The number of nitrogens with one attached hydrogen (secondary N) is 1. The van der Waals surface area contributed by atoms with Crippen LogP contribution in [0.4, 0.5) is 5.82 Å². The average molecular weight is 385 g/mol. The third-order valence-electron chi connectivity index (χ3n) is 6.28. The number of carbonyl (C=O) groups excluding carboxylic acids is 1. The molecule has 1 aromatic heterocycles. The van der Waals surface area contributed by atoms with Crippen LogP contribution in [0.3, 0.4) is 0 Å². The number of aromatic nitrogens is 2. The normalized spacial score (nSPS) is 27.5. The lowest BCUT2D eigenvalue weighted by atomic mass is 9.75. The van der Waals surface area contributed by atoms with Crippen LogP contribution in [0.25, 0.3) is 0 Å². The Kier molecular flexibility index (Phi) is 5.90. The van der Waals surface area contributed by atoms with Crippen LogP contribution in [-0.4, -0.2) is 60.0 Å². The van der Waals surface area contributed by atoms with Gasteiger partial charge < -0.3 is 15.1 Å². The van der Waals surface area contributed by atoms with Crippen molar-refractivity contribution < 1.29 is 4.79 Å². The van der Waals surface area contributed by atoms with Crippen molar-refractivity contribution in [2.45, 2.75) is 65.0 Å². The van der Waals surface area contributed by atoms with E-state index >= 15 is 0 Å². The second kappa shape index (κ2) is 8.04. The summed E-state index contributed by atoms with van der Waals surface area (Å²) in [4.78, 5) is 25.1. The van der Waals surface area contributed by atoms with Gasteiger partial charge in [-0.05, 0) is 52.9 Å². The molecule has 0 bridgehead atoms. The summed E-state index contributed by atoms with van der Waals surface area (Å²) in [5.74, 6) is 0.978. The van der Waals surface area contributed by atoms with Gasteiger partial charge in [0.25, 0.3) is 5.91 Å². The third-order valence-corrected chi connectivity index (χ3v) is 6.28. The van der Waals surface area contributed by atoms with Gasteiger partial charge >= 0.3 is 0 Å². The van der Waals surface area contributed by atoms with E-state index in [2.05, 4.69) is 33.2 Å². The molecule has 0 aromatic carbocycles. The van der Waals surface area contributed by atoms with Crippen LogP contribution in [0.5, 0.6) is 0 Å². The van der Waals surface area contributed by atoms with Crippen LogP contribution in [0.2, 0.25) is 0 Å². The SMILES string of the molecule is Cc1nc(C(=O)N(C)C)nc(N2CC[C@@H](NC3CCC(C)(C#N)CC3)C2)c1C. The van der Waals surface area contributed by atoms with E-state index in [9.17, 15) is 10.1 Å². The summed E-state index contributed by atoms with van der Waals surface area (Å²) in [6, 6.07) is 3.38. The predicted octanol–water partition coefficient (Wildman–Crippen LogP) is 2.44. The fraction of sp³-hybridized carbons (Fsp3) is 0.714. The summed E-state index contributed by atoms with van der Waals surface area (Å²) in [7, 11) is 3.44. The zero-order valence-corrected chi connectivity index (χ0v) is 17.7. The van der Waals surface area contributed by atoms with Gasteiger partial charge in [0.05, 0.1) is 11.5 Å². The third kappa shape index (κ3) is 4.27. The van der Waals surface area contributed by atoms with Crippen LogP contribution < -0.4 is 10.2 Å². The van der Waals surface area contributed by atoms with Crippen molar-refractivity contribution in [2.24, 2.45) is 5.41 Å². The fourth-order valence-electron chi connectivity index (χ4n) is 4.17. The number of aryl methyl sites for hydroxylation is 1. The molecule has 1 aliphatic heterocycles. The van der Waals surface area contributed by atoms with Gasteiger partial charge in [0.15, 0.2) is 0 Å². The number of hydrogen-bond donors (Lipinski definition) is 1. The van der Waals surface area contributed by atoms with Crippen LogP contribution in [0.15, 0.2) is 0 Å². The minimum absolute atomic E-state index is 0.148. The Morgan fingerprint density at radius 1 is 1.21 bits per heavy atom. The molecule has 0 radical (unpaired) electrons. The van der Waals surface area contributed by atoms with Crippen molar-refractivity contribution in [3.8, 4) is 6.07 Å². The molecule has 1 atom stereocenters. The van der Waals surface area contributed by atoms with Gasteiger partial charge in [-0.25, -0.2) is 9.97 Å². The molecule has 1 saturated heterocycles. The van der Waals surface area contributed by atoms with Gasteiger partial charge in [-0.3, -0.25) is 4.79 Å². The summed E-state index contributed by atoms with van der Waals surface area (Å²) in [6.45, 7) is 7.85. The van der Waals surface area contributed by atoms with E-state index < -0.39 is 0 Å². The van der Waals surface area contributed by atoms with Crippen LogP contribution in [0, 0.1) is 30.6 Å². The number of carbonyl (C=O) groups is 1. The predicted molar refractivity (Wildman–Crippen MR) is 109 cm³/mol. The number of nitriles is 1. The van der Waals surface area contributed by atoms with Crippen molar-refractivity contribution in [2.75, 3.05) is 32.1 Å². The first kappa shape index (κ1) is 20.5. The molecule has 2 aliphatic rings. The zero-order valence-electron chi connectivity index (χ0n) is 17.7. The molecule has 3 rings (SSSR count). The summed E-state index contributed by atoms with van der Waals surface area (Å²) in [6.07, 6.45) is 5.13. The lowest BCUT2D eigenvalue weighted by molar-refractivity contribution is 0.0815. The van der Waals surface area contributed by atoms with Gasteiger partial charge in [-0.1, -0.05) is 0 Å². The van der Waals surface area contributed by atoms with Gasteiger partial charge in [0.1, 0.15) is 5.82 Å². The van der Waals surface area contributed by atoms with Crippen molar-refractivity contribution in [3.63, 3.8) is 0 Å². The maximum Gasteiger partial charge on any atom is 0.291 e. The summed E-state index contributed by atoms with van der Waals surface area (Å²) < 4.78 is 0. The average Bonchev–Trinajstić information content (AvgIpc) is 3.13. The first-order valence-electron chi connectivity index (χ1n) is 10.2. The van der Waals surface area contributed by atoms with E-state index in [4.69, 9.17) is 0 Å². The number of rotatable bonds is 4.